The highest BCUT2D eigenvalue weighted by atomic mass is 16.5. The normalized spacial score (nSPS) is 22.3. The van der Waals surface area contributed by atoms with Crippen molar-refractivity contribution in [2.24, 2.45) is 0 Å². The minimum absolute atomic E-state index is 0.147. The number of nitrogens with one attached hydrogen (secondary N) is 2. The van der Waals surface area contributed by atoms with Crippen molar-refractivity contribution in [1.29, 1.82) is 0 Å². The van der Waals surface area contributed by atoms with Crippen molar-refractivity contribution in [3.63, 3.8) is 0 Å². The Morgan fingerprint density at radius 2 is 2.22 bits per heavy atom. The lowest BCUT2D eigenvalue weighted by atomic mass is 10.1. The molecule has 1 heterocycles. The Balaban J connectivity index is 2.40. The minimum Gasteiger partial charge on any atom is -0.467 e. The van der Waals surface area contributed by atoms with E-state index in [1.54, 1.807) is 0 Å². The zero-order valence-electron chi connectivity index (χ0n) is 11.2. The van der Waals surface area contributed by atoms with E-state index in [0.29, 0.717) is 6.54 Å². The first-order valence-electron chi connectivity index (χ1n) is 6.24. The quantitative estimate of drug-likeness (QED) is 0.646. The Kier molecular flexibility index (Phi) is 6.07. The van der Waals surface area contributed by atoms with Gasteiger partial charge in [-0.1, -0.05) is 0 Å². The Bertz CT molecular complexity index is 290. The summed E-state index contributed by atoms with van der Waals surface area (Å²) in [5.41, 5.74) is 0. The van der Waals surface area contributed by atoms with E-state index in [0.717, 1.165) is 19.4 Å². The average Bonchev–Trinajstić information content (AvgIpc) is 2.86. The predicted molar refractivity (Wildman–Crippen MR) is 66.1 cm³/mol. The molecule has 0 radical (unpaired) electrons. The molecular formula is C12H22N2O4. The molecule has 1 saturated heterocycles. The molecule has 1 aliphatic rings. The lowest BCUT2D eigenvalue weighted by molar-refractivity contribution is -0.144. The molecule has 0 saturated carbocycles. The molecule has 1 rings (SSSR count). The third-order valence-electron chi connectivity index (χ3n) is 3.03. The van der Waals surface area contributed by atoms with E-state index in [1.165, 1.54) is 14.0 Å². The molecule has 1 fully saturated rings. The molecule has 1 amide bonds. The number of rotatable bonds is 6. The van der Waals surface area contributed by atoms with Crippen LogP contribution in [-0.4, -0.2) is 50.3 Å². The van der Waals surface area contributed by atoms with E-state index < -0.39 is 12.0 Å². The van der Waals surface area contributed by atoms with Crippen LogP contribution in [0.25, 0.3) is 0 Å². The van der Waals surface area contributed by atoms with Gasteiger partial charge in [-0.25, -0.2) is 4.79 Å². The molecule has 0 spiro atoms. The number of carbonyl (C=O) groups excluding carboxylic acids is 2. The highest BCUT2D eigenvalue weighted by Gasteiger charge is 2.25. The first-order chi connectivity index (χ1) is 8.54. The summed E-state index contributed by atoms with van der Waals surface area (Å²) >= 11 is 0. The van der Waals surface area contributed by atoms with Gasteiger partial charge in [0.1, 0.15) is 6.04 Å². The van der Waals surface area contributed by atoms with Gasteiger partial charge >= 0.3 is 5.97 Å². The first kappa shape index (κ1) is 14.9. The Morgan fingerprint density at radius 1 is 1.50 bits per heavy atom. The van der Waals surface area contributed by atoms with Crippen LogP contribution in [0.4, 0.5) is 0 Å². The number of methoxy groups -OCH3 is 1. The maximum absolute atomic E-state index is 11.5. The van der Waals surface area contributed by atoms with Gasteiger partial charge in [0, 0.05) is 26.1 Å². The van der Waals surface area contributed by atoms with E-state index in [4.69, 9.17) is 4.74 Å². The van der Waals surface area contributed by atoms with Crippen LogP contribution in [0.2, 0.25) is 0 Å². The fraction of sp³-hybridized carbons (Fsp3) is 0.833. The minimum atomic E-state index is -0.656. The number of esters is 1. The fourth-order valence-corrected chi connectivity index (χ4v) is 2.01. The first-order valence-corrected chi connectivity index (χ1v) is 6.24. The van der Waals surface area contributed by atoms with Crippen LogP contribution in [-0.2, 0) is 19.1 Å². The van der Waals surface area contributed by atoms with E-state index in [9.17, 15) is 9.59 Å². The molecular weight excluding hydrogens is 236 g/mol. The topological polar surface area (TPSA) is 76.7 Å². The molecule has 104 valence electrons. The lowest BCUT2D eigenvalue weighted by Gasteiger charge is -2.23. The molecule has 0 aromatic rings. The van der Waals surface area contributed by atoms with Gasteiger partial charge < -0.3 is 20.1 Å². The second-order valence-corrected chi connectivity index (χ2v) is 4.52. The summed E-state index contributed by atoms with van der Waals surface area (Å²) in [5.74, 6) is -0.700. The molecule has 1 aliphatic heterocycles. The van der Waals surface area contributed by atoms with Crippen molar-refractivity contribution >= 4 is 11.9 Å². The van der Waals surface area contributed by atoms with Gasteiger partial charge in [0.2, 0.25) is 5.91 Å². The number of amides is 1. The summed E-state index contributed by atoms with van der Waals surface area (Å²) in [5, 5.41) is 5.76. The SMILES string of the molecule is COC(=O)C(CNC(C)C1CCCO1)NC(C)=O. The third-order valence-corrected chi connectivity index (χ3v) is 3.03. The van der Waals surface area contributed by atoms with Crippen LogP contribution < -0.4 is 10.6 Å². The molecule has 0 bridgehead atoms. The predicted octanol–water partition coefficient (Wildman–Crippen LogP) is -0.179. The van der Waals surface area contributed by atoms with Crippen molar-refractivity contribution in [2.45, 2.75) is 44.9 Å². The number of ether oxygens (including phenoxy) is 2. The van der Waals surface area contributed by atoms with Crippen LogP contribution >= 0.6 is 0 Å². The molecule has 0 aromatic heterocycles. The van der Waals surface area contributed by atoms with Crippen molar-refractivity contribution in [1.82, 2.24) is 10.6 Å². The van der Waals surface area contributed by atoms with Gasteiger partial charge in [-0.2, -0.15) is 0 Å². The van der Waals surface area contributed by atoms with Gasteiger partial charge in [-0.3, -0.25) is 4.79 Å². The highest BCUT2D eigenvalue weighted by Crippen LogP contribution is 2.15. The molecule has 0 aliphatic carbocycles. The monoisotopic (exact) mass is 258 g/mol. The lowest BCUT2D eigenvalue weighted by Crippen LogP contribution is -2.50. The van der Waals surface area contributed by atoms with E-state index in [2.05, 4.69) is 15.4 Å². The molecule has 3 atom stereocenters. The number of hydrogen-bond donors (Lipinski definition) is 2. The Labute approximate surface area is 107 Å². The van der Waals surface area contributed by atoms with E-state index in [1.807, 2.05) is 6.92 Å². The van der Waals surface area contributed by atoms with Gasteiger partial charge in [0.25, 0.3) is 0 Å². The Hall–Kier alpha value is -1.14. The number of hydrogen-bond acceptors (Lipinski definition) is 5. The smallest absolute Gasteiger partial charge is 0.329 e. The van der Waals surface area contributed by atoms with Gasteiger partial charge in [-0.05, 0) is 19.8 Å². The number of carbonyl (C=O) groups is 2. The van der Waals surface area contributed by atoms with Crippen LogP contribution in [0.5, 0.6) is 0 Å². The van der Waals surface area contributed by atoms with Crippen LogP contribution in [0.1, 0.15) is 26.7 Å². The summed E-state index contributed by atoms with van der Waals surface area (Å²) in [6, 6.07) is -0.509. The molecule has 0 aromatic carbocycles. The summed E-state index contributed by atoms with van der Waals surface area (Å²) in [7, 11) is 1.31. The summed E-state index contributed by atoms with van der Waals surface area (Å²) in [6.45, 7) is 4.52. The summed E-state index contributed by atoms with van der Waals surface area (Å²) in [4.78, 5) is 22.5. The molecule has 2 N–H and O–H groups in total. The van der Waals surface area contributed by atoms with Gasteiger partial charge in [-0.15, -0.1) is 0 Å². The largest absolute Gasteiger partial charge is 0.467 e. The van der Waals surface area contributed by atoms with Crippen LogP contribution in [0.15, 0.2) is 0 Å². The Morgan fingerprint density at radius 3 is 2.72 bits per heavy atom. The standard InChI is InChI=1S/C12H22N2O4/c1-8(11-5-4-6-18-11)13-7-10(12(16)17-3)14-9(2)15/h8,10-11,13H,4-7H2,1-3H3,(H,14,15). The van der Waals surface area contributed by atoms with Crippen LogP contribution in [0.3, 0.4) is 0 Å². The maximum atomic E-state index is 11.5. The van der Waals surface area contributed by atoms with Gasteiger partial charge in [0.05, 0.1) is 13.2 Å². The third kappa shape index (κ3) is 4.62. The second-order valence-electron chi connectivity index (χ2n) is 4.52. The zero-order valence-corrected chi connectivity index (χ0v) is 11.2. The van der Waals surface area contributed by atoms with Crippen molar-refractivity contribution < 1.29 is 19.1 Å². The summed E-state index contributed by atoms with van der Waals surface area (Å²) < 4.78 is 10.2. The van der Waals surface area contributed by atoms with E-state index in [-0.39, 0.29) is 18.1 Å². The second kappa shape index (κ2) is 7.33. The molecule has 3 unspecified atom stereocenters. The van der Waals surface area contributed by atoms with Gasteiger partial charge in [0.15, 0.2) is 0 Å². The van der Waals surface area contributed by atoms with Crippen molar-refractivity contribution in [2.75, 3.05) is 20.3 Å². The van der Waals surface area contributed by atoms with Crippen LogP contribution in [0, 0.1) is 0 Å². The zero-order chi connectivity index (χ0) is 13.5. The molecule has 18 heavy (non-hydrogen) atoms. The van der Waals surface area contributed by atoms with Crippen molar-refractivity contribution in [3.8, 4) is 0 Å². The fourth-order valence-electron chi connectivity index (χ4n) is 2.01. The molecule has 6 heteroatoms. The highest BCUT2D eigenvalue weighted by molar-refractivity contribution is 5.83. The summed E-state index contributed by atoms with van der Waals surface area (Å²) in [6.07, 6.45) is 2.28. The average molecular weight is 258 g/mol. The molecule has 6 nitrogen and oxygen atoms in total. The van der Waals surface area contributed by atoms with E-state index >= 15 is 0 Å². The maximum Gasteiger partial charge on any atom is 0.329 e. The van der Waals surface area contributed by atoms with Crippen molar-refractivity contribution in [3.05, 3.63) is 0 Å².